The van der Waals surface area contributed by atoms with Crippen LogP contribution < -0.4 is 10.2 Å². The van der Waals surface area contributed by atoms with Crippen LogP contribution in [0.1, 0.15) is 34.3 Å². The number of hydrogen-bond acceptors (Lipinski definition) is 4. The molecule has 1 heterocycles. The quantitative estimate of drug-likeness (QED) is 0.298. The van der Waals surface area contributed by atoms with E-state index in [-0.39, 0.29) is 16.7 Å². The van der Waals surface area contributed by atoms with E-state index < -0.39 is 15.9 Å². The highest BCUT2D eigenvalue weighted by Crippen LogP contribution is 2.38. The molecule has 1 unspecified atom stereocenters. The van der Waals surface area contributed by atoms with Crippen LogP contribution in [-0.2, 0) is 21.1 Å². The molecule has 1 fully saturated rings. The molecule has 8 heteroatoms. The SMILES string of the molecule is CS(=O)(=O)c1c(-c2ccccc2)ccc(N2CCCC(NC(=O)c3ccc(Cl)cc3)C2=O)c1Cc1ccccc1. The Bertz CT molecular complexity index is 1640. The standard InChI is InChI=1S/C32H29ClN2O4S/c1-40(38,39)30-26(23-11-6-3-7-12-23)18-19-29(27(30)21-22-9-4-2-5-10-22)35-20-8-13-28(32(35)37)34-31(36)24-14-16-25(33)17-15-24/h2-7,9-12,14-19,28H,8,13,20-21H2,1H3,(H,34,36). The molecule has 5 rings (SSSR count). The van der Waals surface area contributed by atoms with Crippen LogP contribution in [0, 0.1) is 0 Å². The number of anilines is 1. The van der Waals surface area contributed by atoms with Gasteiger partial charge in [-0.3, -0.25) is 9.59 Å². The van der Waals surface area contributed by atoms with Gasteiger partial charge < -0.3 is 10.2 Å². The Labute approximate surface area is 239 Å². The third-order valence-electron chi connectivity index (χ3n) is 7.06. The number of benzene rings is 4. The lowest BCUT2D eigenvalue weighted by Crippen LogP contribution is -2.52. The van der Waals surface area contributed by atoms with Gasteiger partial charge in [-0.15, -0.1) is 0 Å². The summed E-state index contributed by atoms with van der Waals surface area (Å²) in [5.41, 5.74) is 3.81. The lowest BCUT2D eigenvalue weighted by molar-refractivity contribution is -0.121. The number of halogens is 1. The van der Waals surface area contributed by atoms with Crippen molar-refractivity contribution in [1.29, 1.82) is 0 Å². The highest BCUT2D eigenvalue weighted by atomic mass is 35.5. The molecule has 1 N–H and O–H groups in total. The first kappa shape index (κ1) is 27.6. The van der Waals surface area contributed by atoms with Crippen LogP contribution in [0.3, 0.4) is 0 Å². The van der Waals surface area contributed by atoms with Crippen LogP contribution in [0.15, 0.2) is 102 Å². The largest absolute Gasteiger partial charge is 0.340 e. The van der Waals surface area contributed by atoms with Gasteiger partial charge in [-0.2, -0.15) is 0 Å². The molecule has 204 valence electrons. The Morgan fingerprint density at radius 1 is 0.925 bits per heavy atom. The molecule has 0 aliphatic carbocycles. The van der Waals surface area contributed by atoms with Crippen molar-refractivity contribution in [2.45, 2.75) is 30.2 Å². The molecule has 4 aromatic carbocycles. The zero-order valence-corrected chi connectivity index (χ0v) is 23.6. The first-order chi connectivity index (χ1) is 19.2. The second-order valence-electron chi connectivity index (χ2n) is 9.91. The van der Waals surface area contributed by atoms with Gasteiger partial charge in [-0.05, 0) is 59.9 Å². The van der Waals surface area contributed by atoms with Crippen molar-refractivity contribution in [3.05, 3.63) is 119 Å². The number of carbonyl (C=O) groups excluding carboxylic acids is 2. The third kappa shape index (κ3) is 5.96. The molecule has 0 radical (unpaired) electrons. The minimum Gasteiger partial charge on any atom is -0.340 e. The second kappa shape index (κ2) is 11.7. The summed E-state index contributed by atoms with van der Waals surface area (Å²) in [4.78, 5) is 28.5. The number of nitrogens with one attached hydrogen (secondary N) is 1. The van der Waals surface area contributed by atoms with E-state index in [9.17, 15) is 18.0 Å². The van der Waals surface area contributed by atoms with Crippen molar-refractivity contribution >= 4 is 38.9 Å². The fourth-order valence-corrected chi connectivity index (χ4v) is 6.54. The van der Waals surface area contributed by atoms with E-state index in [0.29, 0.717) is 53.2 Å². The summed E-state index contributed by atoms with van der Waals surface area (Å²) in [6.45, 7) is 0.418. The van der Waals surface area contributed by atoms with E-state index in [0.717, 1.165) is 11.1 Å². The minimum absolute atomic E-state index is 0.208. The van der Waals surface area contributed by atoms with Crippen molar-refractivity contribution in [3.8, 4) is 11.1 Å². The molecule has 0 bridgehead atoms. The van der Waals surface area contributed by atoms with Gasteiger partial charge in [0.25, 0.3) is 5.91 Å². The molecule has 0 saturated carbocycles. The van der Waals surface area contributed by atoms with Gasteiger partial charge in [-0.25, -0.2) is 8.42 Å². The Kier molecular flexibility index (Phi) is 8.05. The van der Waals surface area contributed by atoms with Crippen LogP contribution >= 0.6 is 11.6 Å². The fraction of sp³-hybridized carbons (Fsp3) is 0.188. The summed E-state index contributed by atoms with van der Waals surface area (Å²) in [5, 5.41) is 3.38. The molecule has 2 amide bonds. The first-order valence-electron chi connectivity index (χ1n) is 13.1. The molecule has 4 aromatic rings. The maximum atomic E-state index is 13.8. The van der Waals surface area contributed by atoms with Gasteiger partial charge in [0.1, 0.15) is 6.04 Å². The van der Waals surface area contributed by atoms with Gasteiger partial charge >= 0.3 is 0 Å². The van der Waals surface area contributed by atoms with Gasteiger partial charge in [-0.1, -0.05) is 78.3 Å². The maximum Gasteiger partial charge on any atom is 0.251 e. The average Bonchev–Trinajstić information content (AvgIpc) is 2.95. The molecule has 0 aromatic heterocycles. The van der Waals surface area contributed by atoms with Crippen molar-refractivity contribution < 1.29 is 18.0 Å². The minimum atomic E-state index is -3.70. The van der Waals surface area contributed by atoms with Gasteiger partial charge in [0, 0.05) is 41.1 Å². The molecule has 1 aliphatic heterocycles. The Hall–Kier alpha value is -3.94. The molecule has 1 aliphatic rings. The van der Waals surface area contributed by atoms with Crippen molar-refractivity contribution in [3.63, 3.8) is 0 Å². The van der Waals surface area contributed by atoms with Crippen LogP contribution in [0.25, 0.3) is 11.1 Å². The van der Waals surface area contributed by atoms with E-state index in [2.05, 4.69) is 5.32 Å². The number of carbonyl (C=O) groups is 2. The highest BCUT2D eigenvalue weighted by molar-refractivity contribution is 7.91. The summed E-state index contributed by atoms with van der Waals surface area (Å²) < 4.78 is 26.8. The van der Waals surface area contributed by atoms with Crippen LogP contribution in [0.4, 0.5) is 5.69 Å². The molecule has 1 atom stereocenters. The predicted octanol–water partition coefficient (Wildman–Crippen LogP) is 5.93. The number of sulfone groups is 1. The smallest absolute Gasteiger partial charge is 0.251 e. The van der Waals surface area contributed by atoms with Crippen LogP contribution in [-0.4, -0.2) is 39.1 Å². The van der Waals surface area contributed by atoms with Gasteiger partial charge in [0.2, 0.25) is 5.91 Å². The van der Waals surface area contributed by atoms with E-state index >= 15 is 0 Å². The molecular formula is C32H29ClN2O4S. The summed E-state index contributed by atoms with van der Waals surface area (Å²) >= 11 is 5.95. The van der Waals surface area contributed by atoms with Crippen molar-refractivity contribution in [2.75, 3.05) is 17.7 Å². The van der Waals surface area contributed by atoms with Crippen LogP contribution in [0.2, 0.25) is 5.02 Å². The topological polar surface area (TPSA) is 83.6 Å². The molecule has 6 nitrogen and oxygen atoms in total. The normalized spacial score (nSPS) is 15.6. The summed E-state index contributed by atoms with van der Waals surface area (Å²) in [5.74, 6) is -0.632. The van der Waals surface area contributed by atoms with Crippen LogP contribution in [0.5, 0.6) is 0 Å². The summed E-state index contributed by atoms with van der Waals surface area (Å²) in [6.07, 6.45) is 2.67. The lowest BCUT2D eigenvalue weighted by atomic mass is 9.95. The zero-order valence-electron chi connectivity index (χ0n) is 22.0. The van der Waals surface area contributed by atoms with Crippen molar-refractivity contribution in [2.24, 2.45) is 0 Å². The highest BCUT2D eigenvalue weighted by Gasteiger charge is 2.34. The second-order valence-corrected chi connectivity index (χ2v) is 12.3. The Morgan fingerprint density at radius 2 is 1.57 bits per heavy atom. The molecule has 40 heavy (non-hydrogen) atoms. The molecular weight excluding hydrogens is 544 g/mol. The zero-order chi connectivity index (χ0) is 28.3. The fourth-order valence-electron chi connectivity index (χ4n) is 5.20. The van der Waals surface area contributed by atoms with Gasteiger partial charge in [0.05, 0.1) is 4.90 Å². The summed E-state index contributed by atoms with van der Waals surface area (Å²) in [7, 11) is -3.70. The number of amides is 2. The van der Waals surface area contributed by atoms with E-state index in [1.807, 2.05) is 66.7 Å². The lowest BCUT2D eigenvalue weighted by Gasteiger charge is -2.34. The van der Waals surface area contributed by atoms with E-state index in [1.165, 1.54) is 6.26 Å². The predicted molar refractivity (Wildman–Crippen MR) is 159 cm³/mol. The average molecular weight is 573 g/mol. The third-order valence-corrected chi connectivity index (χ3v) is 8.52. The number of nitrogens with zero attached hydrogens (tertiary/aromatic N) is 1. The molecule has 1 saturated heterocycles. The van der Waals surface area contributed by atoms with Crippen molar-refractivity contribution in [1.82, 2.24) is 5.32 Å². The monoisotopic (exact) mass is 572 g/mol. The Balaban J connectivity index is 1.58. The van der Waals surface area contributed by atoms with Gasteiger partial charge in [0.15, 0.2) is 9.84 Å². The van der Waals surface area contributed by atoms with E-state index in [4.69, 9.17) is 11.6 Å². The van der Waals surface area contributed by atoms with E-state index in [1.54, 1.807) is 35.2 Å². The Morgan fingerprint density at radius 3 is 2.23 bits per heavy atom. The number of hydrogen-bond donors (Lipinski definition) is 1. The summed E-state index contributed by atoms with van der Waals surface area (Å²) in [6, 6.07) is 28.3. The number of rotatable bonds is 7. The maximum absolute atomic E-state index is 13.8. The molecule has 0 spiro atoms. The number of piperidine rings is 1. The first-order valence-corrected chi connectivity index (χ1v) is 15.3.